The number of methoxy groups -OCH3 is 1. The van der Waals surface area contributed by atoms with E-state index in [1.54, 1.807) is 18.2 Å². The van der Waals surface area contributed by atoms with Crippen molar-refractivity contribution in [1.82, 2.24) is 9.78 Å². The van der Waals surface area contributed by atoms with Crippen LogP contribution >= 0.6 is 0 Å². The van der Waals surface area contributed by atoms with Gasteiger partial charge in [0.1, 0.15) is 11.8 Å². The van der Waals surface area contributed by atoms with Crippen LogP contribution in [-0.4, -0.2) is 35.2 Å². The molecular formula is C29H23F2N5O3. The zero-order valence-electron chi connectivity index (χ0n) is 21.1. The molecule has 39 heavy (non-hydrogen) atoms. The van der Waals surface area contributed by atoms with Crippen molar-refractivity contribution in [2.75, 3.05) is 23.9 Å². The van der Waals surface area contributed by atoms with Crippen LogP contribution in [0.5, 0.6) is 5.75 Å². The summed E-state index contributed by atoms with van der Waals surface area (Å²) in [5.74, 6) is -3.82. The number of ether oxygens (including phenoxy) is 1. The molecule has 0 spiro atoms. The number of nitrogens with one attached hydrogen (secondary N) is 1. The van der Waals surface area contributed by atoms with Gasteiger partial charge in [-0.15, -0.1) is 0 Å². The zero-order chi connectivity index (χ0) is 27.7. The maximum Gasteiger partial charge on any atom is 0.298 e. The van der Waals surface area contributed by atoms with Gasteiger partial charge in [0.25, 0.3) is 17.7 Å². The Morgan fingerprint density at radius 2 is 1.79 bits per heavy atom. The van der Waals surface area contributed by atoms with Crippen molar-refractivity contribution in [2.45, 2.75) is 18.9 Å². The van der Waals surface area contributed by atoms with Gasteiger partial charge in [-0.25, -0.2) is 0 Å². The number of benzene rings is 3. The molecule has 1 N–H and O–H groups in total. The van der Waals surface area contributed by atoms with Gasteiger partial charge >= 0.3 is 0 Å². The van der Waals surface area contributed by atoms with E-state index >= 15 is 8.78 Å². The highest BCUT2D eigenvalue weighted by molar-refractivity contribution is 6.13. The first-order valence-corrected chi connectivity index (χ1v) is 12.1. The number of rotatable bonds is 6. The maximum absolute atomic E-state index is 15.0. The SMILES string of the molecule is COc1ccc(C(=O)Nc2cnn3c2C(=O)N(c2ccc(C(F)(F)c4ccccc4)cc2)C[C@H]3C)cc1C#N. The standard InChI is InChI=1S/C29H23F2N5O3/c1-18-17-35(23-11-9-22(10-12-23)29(30,31)21-6-4-3-5-7-21)28(38)26-24(16-33-36(18)26)34-27(37)19-8-13-25(39-2)20(14-19)15-32/h3-14,16,18H,17H2,1-2H3,(H,34,37)/t18-/m1/s1. The number of hydrogen-bond acceptors (Lipinski definition) is 5. The first-order chi connectivity index (χ1) is 18.7. The molecule has 1 aromatic heterocycles. The average Bonchev–Trinajstić information content (AvgIpc) is 3.39. The molecule has 1 aliphatic rings. The molecule has 8 nitrogen and oxygen atoms in total. The first kappa shape index (κ1) is 25.6. The fourth-order valence-electron chi connectivity index (χ4n) is 4.57. The predicted molar refractivity (Wildman–Crippen MR) is 140 cm³/mol. The number of aromatic nitrogens is 2. The van der Waals surface area contributed by atoms with E-state index in [9.17, 15) is 14.9 Å². The Balaban J connectivity index is 1.40. The van der Waals surface area contributed by atoms with Crippen molar-refractivity contribution in [1.29, 1.82) is 5.26 Å². The summed E-state index contributed by atoms with van der Waals surface area (Å²) < 4.78 is 36.7. The summed E-state index contributed by atoms with van der Waals surface area (Å²) in [6.07, 6.45) is 1.39. The number of anilines is 2. The van der Waals surface area contributed by atoms with Crippen LogP contribution in [0.25, 0.3) is 0 Å². The van der Waals surface area contributed by atoms with Gasteiger partial charge in [-0.2, -0.15) is 19.1 Å². The van der Waals surface area contributed by atoms with Gasteiger partial charge < -0.3 is 15.0 Å². The molecule has 5 rings (SSSR count). The fourth-order valence-corrected chi connectivity index (χ4v) is 4.57. The maximum atomic E-state index is 15.0. The van der Waals surface area contributed by atoms with Crippen molar-refractivity contribution < 1.29 is 23.1 Å². The van der Waals surface area contributed by atoms with Crippen molar-refractivity contribution in [3.63, 3.8) is 0 Å². The molecule has 0 saturated carbocycles. The topological polar surface area (TPSA) is 100 Å². The summed E-state index contributed by atoms with van der Waals surface area (Å²) in [6, 6.07) is 19.3. The fraction of sp³-hybridized carbons (Fsp3) is 0.172. The molecule has 2 heterocycles. The summed E-state index contributed by atoms with van der Waals surface area (Å²) in [4.78, 5) is 28.0. The van der Waals surface area contributed by atoms with Crippen LogP contribution < -0.4 is 15.0 Å². The van der Waals surface area contributed by atoms with Crippen molar-refractivity contribution >= 4 is 23.2 Å². The Morgan fingerprint density at radius 3 is 2.46 bits per heavy atom. The quantitative estimate of drug-likeness (QED) is 0.363. The van der Waals surface area contributed by atoms with Crippen LogP contribution in [0.4, 0.5) is 20.2 Å². The highest BCUT2D eigenvalue weighted by Gasteiger charge is 2.36. The number of fused-ring (bicyclic) bond motifs is 1. The minimum absolute atomic E-state index is 0.122. The Hall–Kier alpha value is -5.04. The van der Waals surface area contributed by atoms with E-state index in [0.717, 1.165) is 0 Å². The van der Waals surface area contributed by atoms with Gasteiger partial charge in [-0.3, -0.25) is 14.3 Å². The molecule has 4 aromatic rings. The second-order valence-corrected chi connectivity index (χ2v) is 9.08. The third-order valence-electron chi connectivity index (χ3n) is 6.62. The number of amides is 2. The van der Waals surface area contributed by atoms with E-state index in [4.69, 9.17) is 4.74 Å². The third-order valence-corrected chi connectivity index (χ3v) is 6.62. The summed E-state index contributed by atoms with van der Waals surface area (Å²) in [6.45, 7) is 2.13. The summed E-state index contributed by atoms with van der Waals surface area (Å²) >= 11 is 0. The largest absolute Gasteiger partial charge is 0.495 e. The van der Waals surface area contributed by atoms with Crippen LogP contribution in [0.2, 0.25) is 0 Å². The molecule has 0 fully saturated rings. The predicted octanol–water partition coefficient (Wildman–Crippen LogP) is 5.38. The van der Waals surface area contributed by atoms with Crippen LogP contribution in [0, 0.1) is 11.3 Å². The number of nitrogens with zero attached hydrogens (tertiary/aromatic N) is 4. The molecule has 0 aliphatic carbocycles. The van der Waals surface area contributed by atoms with Crippen LogP contribution in [0.1, 0.15) is 50.5 Å². The van der Waals surface area contributed by atoms with E-state index in [-0.39, 0.29) is 46.2 Å². The number of hydrogen-bond donors (Lipinski definition) is 1. The molecule has 3 aromatic carbocycles. The van der Waals surface area contributed by atoms with Gasteiger partial charge in [0.15, 0.2) is 5.69 Å². The second kappa shape index (κ2) is 10.0. The lowest BCUT2D eigenvalue weighted by atomic mass is 10.00. The highest BCUT2D eigenvalue weighted by atomic mass is 19.3. The third kappa shape index (κ3) is 4.59. The lowest BCUT2D eigenvalue weighted by Crippen LogP contribution is -2.43. The number of carbonyl (C=O) groups is 2. The monoisotopic (exact) mass is 527 g/mol. The molecule has 2 amide bonds. The molecule has 0 unspecified atom stereocenters. The molecule has 1 aliphatic heterocycles. The first-order valence-electron chi connectivity index (χ1n) is 12.1. The van der Waals surface area contributed by atoms with Crippen LogP contribution in [0.3, 0.4) is 0 Å². The van der Waals surface area contributed by atoms with Crippen molar-refractivity contribution in [3.8, 4) is 11.8 Å². The minimum atomic E-state index is -3.19. The van der Waals surface area contributed by atoms with E-state index in [1.165, 1.54) is 77.5 Å². The summed E-state index contributed by atoms with van der Waals surface area (Å²) in [5, 5.41) is 16.3. The molecule has 196 valence electrons. The molecule has 0 radical (unpaired) electrons. The summed E-state index contributed by atoms with van der Waals surface area (Å²) in [7, 11) is 1.43. The van der Waals surface area contributed by atoms with Gasteiger partial charge in [0.05, 0.1) is 30.6 Å². The molecular weight excluding hydrogens is 504 g/mol. The number of alkyl halides is 2. The van der Waals surface area contributed by atoms with Gasteiger partial charge in [-0.05, 0) is 37.3 Å². The Kier molecular flexibility index (Phi) is 6.58. The number of nitriles is 1. The molecule has 1 atom stereocenters. The number of halogens is 2. The lowest BCUT2D eigenvalue weighted by Gasteiger charge is -2.32. The molecule has 0 bridgehead atoms. The van der Waals surface area contributed by atoms with E-state index < -0.39 is 17.7 Å². The zero-order valence-corrected chi connectivity index (χ0v) is 21.1. The summed E-state index contributed by atoms with van der Waals surface area (Å²) in [5.41, 5.74) is 0.887. The van der Waals surface area contributed by atoms with E-state index in [2.05, 4.69) is 10.4 Å². The lowest BCUT2D eigenvalue weighted by molar-refractivity contribution is 0.0428. The van der Waals surface area contributed by atoms with Crippen LogP contribution in [0.15, 0.2) is 79.0 Å². The van der Waals surface area contributed by atoms with Gasteiger partial charge in [0.2, 0.25) is 0 Å². The number of carbonyl (C=O) groups excluding carboxylic acids is 2. The Morgan fingerprint density at radius 1 is 1.10 bits per heavy atom. The van der Waals surface area contributed by atoms with Gasteiger partial charge in [0, 0.05) is 28.9 Å². The smallest absolute Gasteiger partial charge is 0.298 e. The van der Waals surface area contributed by atoms with Gasteiger partial charge in [-0.1, -0.05) is 42.5 Å². The average molecular weight is 528 g/mol. The molecule has 0 saturated heterocycles. The Labute approximate surface area is 223 Å². The van der Waals surface area contributed by atoms with Crippen molar-refractivity contribution in [3.05, 3.63) is 107 Å². The molecule has 10 heteroatoms. The Bertz CT molecular complexity index is 1590. The van der Waals surface area contributed by atoms with Crippen LogP contribution in [-0.2, 0) is 5.92 Å². The van der Waals surface area contributed by atoms with E-state index in [0.29, 0.717) is 11.4 Å². The highest BCUT2D eigenvalue weighted by Crippen LogP contribution is 2.37. The second-order valence-electron chi connectivity index (χ2n) is 9.08. The normalized spacial score (nSPS) is 14.9. The van der Waals surface area contributed by atoms with E-state index in [1.807, 2.05) is 13.0 Å². The minimum Gasteiger partial charge on any atom is -0.495 e. The van der Waals surface area contributed by atoms with Crippen molar-refractivity contribution in [2.24, 2.45) is 0 Å².